The maximum atomic E-state index is 6.19. The van der Waals surface area contributed by atoms with Crippen LogP contribution >= 0.6 is 0 Å². The quantitative estimate of drug-likeness (QED) is 0.551. The lowest BCUT2D eigenvalue weighted by molar-refractivity contribution is 0.222. The summed E-state index contributed by atoms with van der Waals surface area (Å²) in [4.78, 5) is 2.71. The highest BCUT2D eigenvalue weighted by atomic mass is 16.5. The maximum Gasteiger partial charge on any atom is 0.135 e. The van der Waals surface area contributed by atoms with Crippen molar-refractivity contribution in [1.29, 1.82) is 0 Å². The first-order chi connectivity index (χ1) is 13.9. The lowest BCUT2D eigenvalue weighted by Gasteiger charge is -2.32. The molecule has 0 saturated carbocycles. The van der Waals surface area contributed by atoms with Crippen molar-refractivity contribution in [2.75, 3.05) is 13.1 Å². The van der Waals surface area contributed by atoms with E-state index in [1.54, 1.807) is 0 Å². The smallest absolute Gasteiger partial charge is 0.135 e. The highest BCUT2D eigenvalue weighted by Crippen LogP contribution is 2.36. The molecule has 1 fully saturated rings. The van der Waals surface area contributed by atoms with Crippen molar-refractivity contribution in [1.82, 2.24) is 4.90 Å². The fourth-order valence-corrected chi connectivity index (χ4v) is 4.73. The number of benzene rings is 3. The molecule has 1 aliphatic heterocycles. The second-order valence-electron chi connectivity index (χ2n) is 8.03. The van der Waals surface area contributed by atoms with Gasteiger partial charge in [0.2, 0.25) is 0 Å². The Hall–Kier alpha value is -2.58. The molecule has 142 valence electrons. The summed E-state index contributed by atoms with van der Waals surface area (Å²) in [5.74, 6) is 1.79. The summed E-state index contributed by atoms with van der Waals surface area (Å²) in [6.07, 6.45) is 6.43. The Labute approximate surface area is 167 Å². The topological polar surface area (TPSA) is 12.5 Å². The van der Waals surface area contributed by atoms with Gasteiger partial charge in [-0.25, -0.2) is 0 Å². The Bertz CT molecular complexity index is 944. The number of fused-ring (bicyclic) bond motifs is 1. The van der Waals surface area contributed by atoms with E-state index in [0.717, 1.165) is 23.1 Å². The fourth-order valence-electron chi connectivity index (χ4n) is 4.73. The third-order valence-corrected chi connectivity index (χ3v) is 6.23. The number of likely N-dealkylation sites (tertiary alicyclic amines) is 1. The predicted octanol–water partition coefficient (Wildman–Crippen LogP) is 6.10. The van der Waals surface area contributed by atoms with Crippen LogP contribution in [0, 0.1) is 0 Å². The molecule has 0 aromatic heterocycles. The van der Waals surface area contributed by atoms with Crippen LogP contribution in [0.2, 0.25) is 0 Å². The van der Waals surface area contributed by atoms with Crippen molar-refractivity contribution < 1.29 is 4.74 Å². The summed E-state index contributed by atoms with van der Waals surface area (Å²) >= 11 is 0. The maximum absolute atomic E-state index is 6.19. The largest absolute Gasteiger partial charge is 0.457 e. The Morgan fingerprint density at radius 2 is 1.57 bits per heavy atom. The molecule has 2 nitrogen and oxygen atoms in total. The van der Waals surface area contributed by atoms with E-state index in [2.05, 4.69) is 41.3 Å². The van der Waals surface area contributed by atoms with E-state index in [1.165, 1.54) is 61.9 Å². The monoisotopic (exact) mass is 369 g/mol. The molecule has 0 N–H and O–H groups in total. The summed E-state index contributed by atoms with van der Waals surface area (Å²) in [7, 11) is 0. The first-order valence-electron chi connectivity index (χ1n) is 10.5. The molecule has 1 aliphatic carbocycles. The number of para-hydroxylation sites is 2. The highest BCUT2D eigenvalue weighted by molar-refractivity contribution is 5.72. The molecule has 1 saturated heterocycles. The van der Waals surface area contributed by atoms with Gasteiger partial charge in [0.25, 0.3) is 0 Å². The second-order valence-corrected chi connectivity index (χ2v) is 8.03. The number of rotatable bonds is 4. The number of ether oxygens (including phenoxy) is 1. The van der Waals surface area contributed by atoms with Gasteiger partial charge in [0.15, 0.2) is 0 Å². The number of hydrogen-bond acceptors (Lipinski definition) is 2. The van der Waals surface area contributed by atoms with Crippen molar-refractivity contribution in [3.05, 3.63) is 83.9 Å². The van der Waals surface area contributed by atoms with E-state index in [0.29, 0.717) is 0 Å². The summed E-state index contributed by atoms with van der Waals surface area (Å²) in [6, 6.07) is 26.2. The molecule has 1 unspecified atom stereocenters. The SMILES string of the molecule is c1ccc(Oc2ccccc2-c2ccc3c(c2)CCC(N2CCCC2)C3)cc1. The van der Waals surface area contributed by atoms with Gasteiger partial charge >= 0.3 is 0 Å². The van der Waals surface area contributed by atoms with Gasteiger partial charge in [-0.3, -0.25) is 0 Å². The average Bonchev–Trinajstić information content (AvgIpc) is 3.29. The van der Waals surface area contributed by atoms with Crippen LogP contribution in [0.25, 0.3) is 11.1 Å². The molecule has 0 radical (unpaired) electrons. The minimum Gasteiger partial charge on any atom is -0.457 e. The molecule has 3 aromatic rings. The average molecular weight is 370 g/mol. The van der Waals surface area contributed by atoms with Gasteiger partial charge in [-0.15, -0.1) is 0 Å². The van der Waals surface area contributed by atoms with Crippen LogP contribution in [0.5, 0.6) is 11.5 Å². The minimum absolute atomic E-state index is 0.745. The van der Waals surface area contributed by atoms with Crippen LogP contribution in [0.3, 0.4) is 0 Å². The molecule has 2 heteroatoms. The van der Waals surface area contributed by atoms with Gasteiger partial charge in [0.1, 0.15) is 11.5 Å². The molecule has 1 atom stereocenters. The summed E-state index contributed by atoms with van der Waals surface area (Å²) < 4.78 is 6.19. The number of hydrogen-bond donors (Lipinski definition) is 0. The van der Waals surface area contributed by atoms with Crippen molar-refractivity contribution in [3.8, 4) is 22.6 Å². The molecular formula is C26H27NO. The Morgan fingerprint density at radius 3 is 2.43 bits per heavy atom. The summed E-state index contributed by atoms with van der Waals surface area (Å²) in [5.41, 5.74) is 5.47. The van der Waals surface area contributed by atoms with Gasteiger partial charge in [-0.2, -0.15) is 0 Å². The first-order valence-corrected chi connectivity index (χ1v) is 10.5. The van der Waals surface area contributed by atoms with Gasteiger partial charge in [-0.05, 0) is 80.1 Å². The first kappa shape index (κ1) is 17.5. The van der Waals surface area contributed by atoms with Crippen LogP contribution in [-0.2, 0) is 12.8 Å². The van der Waals surface area contributed by atoms with E-state index in [9.17, 15) is 0 Å². The zero-order valence-electron chi connectivity index (χ0n) is 16.3. The number of aryl methyl sites for hydroxylation is 1. The third kappa shape index (κ3) is 3.57. The van der Waals surface area contributed by atoms with Gasteiger partial charge < -0.3 is 9.64 Å². The molecule has 2 aliphatic rings. The Balaban J connectivity index is 1.41. The van der Waals surface area contributed by atoms with E-state index in [1.807, 2.05) is 36.4 Å². The van der Waals surface area contributed by atoms with E-state index in [4.69, 9.17) is 4.74 Å². The zero-order valence-corrected chi connectivity index (χ0v) is 16.3. The molecule has 5 rings (SSSR count). The fraction of sp³-hybridized carbons (Fsp3) is 0.308. The van der Waals surface area contributed by atoms with E-state index < -0.39 is 0 Å². The van der Waals surface area contributed by atoms with Gasteiger partial charge in [0, 0.05) is 11.6 Å². The van der Waals surface area contributed by atoms with Crippen molar-refractivity contribution in [2.24, 2.45) is 0 Å². The number of nitrogens with zero attached hydrogens (tertiary/aromatic N) is 1. The summed E-state index contributed by atoms with van der Waals surface area (Å²) in [5, 5.41) is 0. The van der Waals surface area contributed by atoms with Crippen LogP contribution in [0.4, 0.5) is 0 Å². The van der Waals surface area contributed by atoms with E-state index >= 15 is 0 Å². The molecule has 0 bridgehead atoms. The van der Waals surface area contributed by atoms with Gasteiger partial charge in [-0.1, -0.05) is 54.6 Å². The Kier molecular flexibility index (Phi) is 4.88. The molecular weight excluding hydrogens is 342 g/mol. The summed E-state index contributed by atoms with van der Waals surface area (Å²) in [6.45, 7) is 2.59. The van der Waals surface area contributed by atoms with Crippen molar-refractivity contribution >= 4 is 0 Å². The molecule has 1 heterocycles. The van der Waals surface area contributed by atoms with Crippen molar-refractivity contribution in [3.63, 3.8) is 0 Å². The lowest BCUT2D eigenvalue weighted by Crippen LogP contribution is -2.37. The molecule has 0 spiro atoms. The second kappa shape index (κ2) is 7.81. The molecule has 28 heavy (non-hydrogen) atoms. The molecule has 0 amide bonds. The normalized spacial score (nSPS) is 19.4. The highest BCUT2D eigenvalue weighted by Gasteiger charge is 2.26. The van der Waals surface area contributed by atoms with Crippen LogP contribution in [0.15, 0.2) is 72.8 Å². The van der Waals surface area contributed by atoms with Crippen LogP contribution < -0.4 is 4.74 Å². The molecule has 3 aromatic carbocycles. The third-order valence-electron chi connectivity index (χ3n) is 6.23. The van der Waals surface area contributed by atoms with Crippen LogP contribution in [0.1, 0.15) is 30.4 Å². The van der Waals surface area contributed by atoms with Crippen molar-refractivity contribution in [2.45, 2.75) is 38.1 Å². The van der Waals surface area contributed by atoms with Crippen LogP contribution in [-0.4, -0.2) is 24.0 Å². The Morgan fingerprint density at radius 1 is 0.786 bits per heavy atom. The standard InChI is InChI=1S/C26H27NO/c1-2-8-24(9-3-1)28-26-11-5-4-10-25(26)22-13-12-21-19-23(15-14-20(21)18-22)27-16-6-7-17-27/h1-5,8-13,18,23H,6-7,14-17,19H2. The van der Waals surface area contributed by atoms with Gasteiger partial charge in [0.05, 0.1) is 0 Å². The lowest BCUT2D eigenvalue weighted by atomic mass is 9.85. The predicted molar refractivity (Wildman–Crippen MR) is 115 cm³/mol. The van der Waals surface area contributed by atoms with E-state index in [-0.39, 0.29) is 0 Å². The minimum atomic E-state index is 0.745. The zero-order chi connectivity index (χ0) is 18.8.